The fourth-order valence-corrected chi connectivity index (χ4v) is 3.23. The van der Waals surface area contributed by atoms with Gasteiger partial charge in [-0.15, -0.1) is 23.7 Å². The molecule has 0 aliphatic carbocycles. The molecule has 17 heavy (non-hydrogen) atoms. The van der Waals surface area contributed by atoms with Crippen LogP contribution in [0.2, 0.25) is 0 Å². The molecule has 0 spiro atoms. The zero-order valence-corrected chi connectivity index (χ0v) is 12.8. The first-order valence-corrected chi connectivity index (χ1v) is 7.09. The summed E-state index contributed by atoms with van der Waals surface area (Å²) in [4.78, 5) is 12.7. The SMILES string of the molecule is CC1CNCCC1NC(=O)c1cc(Br)cs1.Cl. The van der Waals surface area contributed by atoms with Crippen LogP contribution in [0.15, 0.2) is 15.9 Å². The van der Waals surface area contributed by atoms with Crippen LogP contribution in [0.25, 0.3) is 0 Å². The molecule has 0 saturated carbocycles. The fourth-order valence-electron chi connectivity index (χ4n) is 1.90. The van der Waals surface area contributed by atoms with Crippen molar-refractivity contribution >= 4 is 45.6 Å². The third-order valence-corrected chi connectivity index (χ3v) is 4.58. The number of carbonyl (C=O) groups is 1. The first-order valence-electron chi connectivity index (χ1n) is 5.42. The first kappa shape index (κ1) is 15.0. The molecule has 1 aromatic rings. The maximum Gasteiger partial charge on any atom is 0.261 e. The Hall–Kier alpha value is -0.100. The number of rotatable bonds is 2. The van der Waals surface area contributed by atoms with Gasteiger partial charge in [-0.2, -0.15) is 0 Å². The van der Waals surface area contributed by atoms with E-state index in [1.54, 1.807) is 0 Å². The second-order valence-electron chi connectivity index (χ2n) is 4.18. The highest BCUT2D eigenvalue weighted by atomic mass is 79.9. The minimum atomic E-state index is 0. The Morgan fingerprint density at radius 2 is 2.41 bits per heavy atom. The van der Waals surface area contributed by atoms with Crippen molar-refractivity contribution in [2.45, 2.75) is 19.4 Å². The summed E-state index contributed by atoms with van der Waals surface area (Å²) in [5.41, 5.74) is 0. The molecule has 1 aliphatic heterocycles. The number of carbonyl (C=O) groups excluding carboxylic acids is 1. The van der Waals surface area contributed by atoms with Crippen molar-refractivity contribution in [3.63, 3.8) is 0 Å². The average molecular weight is 340 g/mol. The number of hydrogen-bond acceptors (Lipinski definition) is 3. The second-order valence-corrected chi connectivity index (χ2v) is 6.01. The van der Waals surface area contributed by atoms with Crippen LogP contribution in [0.4, 0.5) is 0 Å². The van der Waals surface area contributed by atoms with E-state index in [1.807, 2.05) is 11.4 Å². The Kier molecular flexibility index (Phi) is 5.92. The average Bonchev–Trinajstić information content (AvgIpc) is 2.68. The summed E-state index contributed by atoms with van der Waals surface area (Å²) in [5, 5.41) is 8.37. The van der Waals surface area contributed by atoms with Crippen LogP contribution in [0, 0.1) is 5.92 Å². The minimum absolute atomic E-state index is 0. The first-order chi connectivity index (χ1) is 7.66. The lowest BCUT2D eigenvalue weighted by Gasteiger charge is -2.30. The minimum Gasteiger partial charge on any atom is -0.348 e. The summed E-state index contributed by atoms with van der Waals surface area (Å²) < 4.78 is 0.973. The number of nitrogens with one attached hydrogen (secondary N) is 2. The van der Waals surface area contributed by atoms with Crippen molar-refractivity contribution in [2.75, 3.05) is 13.1 Å². The molecule has 1 fully saturated rings. The molecule has 2 unspecified atom stereocenters. The summed E-state index contributed by atoms with van der Waals surface area (Å²) in [6, 6.07) is 2.17. The number of halogens is 2. The van der Waals surface area contributed by atoms with Gasteiger partial charge in [-0.1, -0.05) is 6.92 Å². The molecule has 1 amide bonds. The van der Waals surface area contributed by atoms with Crippen molar-refractivity contribution in [3.8, 4) is 0 Å². The van der Waals surface area contributed by atoms with E-state index >= 15 is 0 Å². The van der Waals surface area contributed by atoms with Gasteiger partial charge in [-0.3, -0.25) is 4.79 Å². The van der Waals surface area contributed by atoms with Gasteiger partial charge in [0.25, 0.3) is 5.91 Å². The molecule has 0 bridgehead atoms. The third-order valence-electron chi connectivity index (χ3n) is 2.89. The van der Waals surface area contributed by atoms with Crippen LogP contribution in [0.3, 0.4) is 0 Å². The van der Waals surface area contributed by atoms with Crippen LogP contribution in [0.1, 0.15) is 23.0 Å². The highest BCUT2D eigenvalue weighted by molar-refractivity contribution is 9.10. The largest absolute Gasteiger partial charge is 0.348 e. The third kappa shape index (κ3) is 3.95. The molecule has 2 atom stereocenters. The highest BCUT2D eigenvalue weighted by Gasteiger charge is 2.23. The topological polar surface area (TPSA) is 41.1 Å². The molecule has 0 aromatic carbocycles. The van der Waals surface area contributed by atoms with Crippen LogP contribution in [-0.4, -0.2) is 25.0 Å². The van der Waals surface area contributed by atoms with Crippen molar-refractivity contribution in [1.82, 2.24) is 10.6 Å². The number of thiophene rings is 1. The molecule has 1 aromatic heterocycles. The summed E-state index contributed by atoms with van der Waals surface area (Å²) in [6.07, 6.45) is 1.01. The van der Waals surface area contributed by atoms with Crippen molar-refractivity contribution in [3.05, 3.63) is 20.8 Å². The lowest BCUT2D eigenvalue weighted by molar-refractivity contribution is 0.0918. The van der Waals surface area contributed by atoms with E-state index in [2.05, 4.69) is 33.5 Å². The molecule has 1 aliphatic rings. The van der Waals surface area contributed by atoms with Gasteiger partial charge >= 0.3 is 0 Å². The normalized spacial score (nSPS) is 23.9. The highest BCUT2D eigenvalue weighted by Crippen LogP contribution is 2.20. The van der Waals surface area contributed by atoms with Crippen molar-refractivity contribution < 1.29 is 4.79 Å². The Morgan fingerprint density at radius 3 is 3.00 bits per heavy atom. The molecule has 6 heteroatoms. The summed E-state index contributed by atoms with van der Waals surface area (Å²) >= 11 is 4.83. The van der Waals surface area contributed by atoms with Gasteiger partial charge in [0.05, 0.1) is 4.88 Å². The van der Waals surface area contributed by atoms with Gasteiger partial charge in [0.2, 0.25) is 0 Å². The molecular formula is C11H16BrClN2OS. The molecule has 3 nitrogen and oxygen atoms in total. The van der Waals surface area contributed by atoms with Crippen LogP contribution < -0.4 is 10.6 Å². The van der Waals surface area contributed by atoms with Crippen LogP contribution >= 0.6 is 39.7 Å². The smallest absolute Gasteiger partial charge is 0.261 e. The monoisotopic (exact) mass is 338 g/mol. The molecule has 2 heterocycles. The van der Waals surface area contributed by atoms with E-state index in [-0.39, 0.29) is 18.3 Å². The summed E-state index contributed by atoms with van der Waals surface area (Å²) in [5.74, 6) is 0.551. The molecule has 0 radical (unpaired) electrons. The van der Waals surface area contributed by atoms with E-state index in [9.17, 15) is 4.79 Å². The Labute approximate surface area is 120 Å². The zero-order valence-electron chi connectivity index (χ0n) is 9.53. The van der Waals surface area contributed by atoms with Gasteiger partial charge in [-0.25, -0.2) is 0 Å². The van der Waals surface area contributed by atoms with Crippen molar-refractivity contribution in [1.29, 1.82) is 0 Å². The van der Waals surface area contributed by atoms with Crippen LogP contribution in [0.5, 0.6) is 0 Å². The van der Waals surface area contributed by atoms with Gasteiger partial charge in [-0.05, 0) is 47.4 Å². The molecular weight excluding hydrogens is 324 g/mol. The number of piperidine rings is 1. The summed E-state index contributed by atoms with van der Waals surface area (Å²) in [6.45, 7) is 4.14. The van der Waals surface area contributed by atoms with E-state index < -0.39 is 0 Å². The Bertz CT molecular complexity index is 385. The number of amides is 1. The second kappa shape index (κ2) is 6.73. The van der Waals surface area contributed by atoms with Crippen LogP contribution in [-0.2, 0) is 0 Å². The van der Waals surface area contributed by atoms with Gasteiger partial charge in [0.15, 0.2) is 0 Å². The number of hydrogen-bond donors (Lipinski definition) is 2. The Morgan fingerprint density at radius 1 is 1.65 bits per heavy atom. The Balaban J connectivity index is 0.00000144. The lowest BCUT2D eigenvalue weighted by Crippen LogP contribution is -2.48. The summed E-state index contributed by atoms with van der Waals surface area (Å²) in [7, 11) is 0. The molecule has 96 valence electrons. The van der Waals surface area contributed by atoms with Crippen molar-refractivity contribution in [2.24, 2.45) is 5.92 Å². The maximum atomic E-state index is 11.9. The van der Waals surface area contributed by atoms with E-state index in [4.69, 9.17) is 0 Å². The lowest BCUT2D eigenvalue weighted by atomic mass is 9.95. The maximum absolute atomic E-state index is 11.9. The molecule has 2 rings (SSSR count). The zero-order chi connectivity index (χ0) is 11.5. The van der Waals surface area contributed by atoms with E-state index in [0.717, 1.165) is 28.9 Å². The molecule has 2 N–H and O–H groups in total. The molecule has 1 saturated heterocycles. The van der Waals surface area contributed by atoms with Gasteiger partial charge in [0, 0.05) is 15.9 Å². The fraction of sp³-hybridized carbons (Fsp3) is 0.545. The predicted molar refractivity (Wildman–Crippen MR) is 77.2 cm³/mol. The standard InChI is InChI=1S/C11H15BrN2OS.ClH/c1-7-5-13-3-2-9(7)14-11(15)10-4-8(12)6-16-10;/h4,6-7,9,13H,2-3,5H2,1H3,(H,14,15);1H. The van der Waals surface area contributed by atoms with E-state index in [0.29, 0.717) is 12.0 Å². The predicted octanol–water partition coefficient (Wildman–Crippen LogP) is 2.66. The van der Waals surface area contributed by atoms with Gasteiger partial charge in [0.1, 0.15) is 0 Å². The van der Waals surface area contributed by atoms with Gasteiger partial charge < -0.3 is 10.6 Å². The van der Waals surface area contributed by atoms with E-state index in [1.165, 1.54) is 11.3 Å². The quantitative estimate of drug-likeness (QED) is 0.870.